The van der Waals surface area contributed by atoms with Gasteiger partial charge in [0.25, 0.3) is 0 Å². The second kappa shape index (κ2) is 53.3. The molecule has 41 nitrogen and oxygen atoms in total. The van der Waals surface area contributed by atoms with Gasteiger partial charge < -0.3 is 115 Å². The maximum atomic E-state index is 15.7. The highest BCUT2D eigenvalue weighted by atomic mass is 32.2. The number of nitrogens with zero attached hydrogens (tertiary/aromatic N) is 6. The molecule has 2 aliphatic heterocycles. The molecule has 722 valence electrons. The van der Waals surface area contributed by atoms with E-state index >= 15 is 24.0 Å². The number of likely N-dealkylation sites (N-methyl/N-ethyl adjacent to an activating group) is 4. The summed E-state index contributed by atoms with van der Waals surface area (Å²) in [7, 11) is 6.71. The summed E-state index contributed by atoms with van der Waals surface area (Å²) in [6, 6.07) is 4.10. The number of guanidine groups is 1. The largest absolute Gasteiger partial charge is 0.497 e. The maximum absolute atomic E-state index is 15.7. The number of thioether (sulfide) groups is 1. The lowest BCUT2D eigenvalue weighted by atomic mass is 9.92. The van der Waals surface area contributed by atoms with Gasteiger partial charge in [0.05, 0.1) is 45.3 Å². The Balaban J connectivity index is 0.0000268. The molecule has 0 saturated carbocycles. The number of amides is 16. The first-order valence-electron chi connectivity index (χ1n) is 44.0. The van der Waals surface area contributed by atoms with Gasteiger partial charge in [0, 0.05) is 108 Å². The lowest BCUT2D eigenvalue weighted by Gasteiger charge is -2.36. The van der Waals surface area contributed by atoms with E-state index in [1.165, 1.54) is 54.7 Å². The molecule has 0 aliphatic carbocycles. The number of nitrogens with one attached hydrogen (secondary N) is 13. The fourth-order valence-corrected chi connectivity index (χ4v) is 16.4. The number of Topliss-reactive ketones (excluding diaryl/α,β-unsaturated/α-hetero) is 1. The molecule has 132 heavy (non-hydrogen) atoms. The number of carbonyl (C=O) groups excluding carboxylic acids is 17. The highest BCUT2D eigenvalue weighted by Crippen LogP contribution is 2.26. The smallest absolute Gasteiger partial charge is 0.246 e. The number of para-hydroxylation sites is 1. The molecule has 0 unspecified atom stereocenters. The lowest BCUT2D eigenvalue weighted by molar-refractivity contribution is -0.149. The third kappa shape index (κ3) is 32.5. The van der Waals surface area contributed by atoms with E-state index in [9.17, 15) is 62.6 Å². The number of rotatable bonds is 27. The number of carbonyl (C=O) groups is 17. The first kappa shape index (κ1) is 108. The zero-order valence-corrected chi connectivity index (χ0v) is 76.7. The molecule has 7 rings (SSSR count). The third-order valence-corrected chi connectivity index (χ3v) is 23.9. The zero-order chi connectivity index (χ0) is 96.3. The minimum absolute atomic E-state index is 0. The molecule has 20 N–H and O–H groups in total. The molecule has 2 saturated heterocycles. The van der Waals surface area contributed by atoms with E-state index in [0.29, 0.717) is 64.7 Å². The van der Waals surface area contributed by atoms with Crippen LogP contribution in [-0.2, 0) is 107 Å². The van der Waals surface area contributed by atoms with Crippen molar-refractivity contribution in [2.24, 2.45) is 29.0 Å². The van der Waals surface area contributed by atoms with Crippen molar-refractivity contribution in [2.75, 3.05) is 79.6 Å². The summed E-state index contributed by atoms with van der Waals surface area (Å²) in [5.41, 5.74) is 19.4. The van der Waals surface area contributed by atoms with Crippen LogP contribution in [0.25, 0.3) is 10.9 Å². The Labute approximate surface area is 772 Å². The van der Waals surface area contributed by atoms with Crippen LogP contribution < -0.4 is 75.1 Å². The average molecular weight is 1860 g/mol. The summed E-state index contributed by atoms with van der Waals surface area (Å²) in [6.07, 6.45) is 3.95. The predicted molar refractivity (Wildman–Crippen MR) is 492 cm³/mol. The number of aliphatic hydroxyl groups excluding tert-OH is 1. The number of H-pyrrole nitrogens is 2. The SMILES string of the molecule is C.CCCC[C@H]1C(=O)N(C)[C@@H](CCCC)C(=O)N[C@@H](CCCNC(=N)N)C(=O)N[C@H](C(=O)NCC(N)=O)CSCC(=O)N[C@@H](Cc2ccccc2)C(=O)N(C)[C@@H](C)C(=O)N[C@@H](CC(N)=O)C(=O)N2CCC[C@H]2C(=O)N[C@@H](Cc2cnc[nH]2)C(=O)N[C@@H](CC(C)C)C(=O)N(C)CC(=O)C[C@@H](Cc2cccc(OC)c2)C(=O)N[C@@H](CO)C(=O)N[C@@H](Cc2c[nH]c3ccccc23)C(=O)N1C. The van der Waals surface area contributed by atoms with Gasteiger partial charge in [0.15, 0.2) is 11.7 Å². The number of aromatic nitrogens is 3. The zero-order valence-electron chi connectivity index (χ0n) is 75.9. The molecular formula is C90H132N22O19S. The van der Waals surface area contributed by atoms with E-state index in [2.05, 4.69) is 68.1 Å². The molecule has 42 heteroatoms. The number of methoxy groups -OCH3 is 1. The number of hydrogen-bond acceptors (Lipinski definition) is 22. The minimum Gasteiger partial charge on any atom is -0.497 e. The number of ketones is 1. The number of nitrogens with two attached hydrogens (primary N) is 3. The number of hydrogen-bond donors (Lipinski definition) is 17. The summed E-state index contributed by atoms with van der Waals surface area (Å²) in [5, 5.41) is 46.1. The Morgan fingerprint density at radius 3 is 1.87 bits per heavy atom. The first-order valence-corrected chi connectivity index (χ1v) is 45.1. The molecule has 0 spiro atoms. The van der Waals surface area contributed by atoms with Gasteiger partial charge in [-0.2, -0.15) is 0 Å². The van der Waals surface area contributed by atoms with Crippen LogP contribution in [0.1, 0.15) is 148 Å². The molecular weight excluding hydrogens is 1730 g/mol. The van der Waals surface area contributed by atoms with Crippen LogP contribution in [0.3, 0.4) is 0 Å². The molecule has 16 amide bonds. The number of imidazole rings is 1. The topological polar surface area (TPSA) is 603 Å². The number of aromatic amines is 2. The van der Waals surface area contributed by atoms with Crippen LogP contribution in [0.2, 0.25) is 0 Å². The van der Waals surface area contributed by atoms with Gasteiger partial charge in [-0.1, -0.05) is 121 Å². The number of fused-ring (bicyclic) bond motifs is 2. The Morgan fingerprint density at radius 2 is 1.22 bits per heavy atom. The second-order valence-corrected chi connectivity index (χ2v) is 34.5. The van der Waals surface area contributed by atoms with Gasteiger partial charge in [-0.25, -0.2) is 4.98 Å². The van der Waals surface area contributed by atoms with Crippen LogP contribution in [0, 0.1) is 17.2 Å². The van der Waals surface area contributed by atoms with Gasteiger partial charge in [-0.3, -0.25) is 86.9 Å². The van der Waals surface area contributed by atoms with Crippen LogP contribution in [0.4, 0.5) is 0 Å². The van der Waals surface area contributed by atoms with E-state index < -0.39 is 229 Å². The molecule has 13 atom stereocenters. The highest BCUT2D eigenvalue weighted by Gasteiger charge is 2.44. The molecule has 0 radical (unpaired) electrons. The van der Waals surface area contributed by atoms with Crippen molar-refractivity contribution in [3.05, 3.63) is 120 Å². The van der Waals surface area contributed by atoms with Gasteiger partial charge in [0.2, 0.25) is 94.5 Å². The Hall–Kier alpha value is -13.0. The van der Waals surface area contributed by atoms with Crippen molar-refractivity contribution >= 4 is 129 Å². The standard InChI is InChI=1S/C89H128N22O19S.CH4/c1-11-13-30-70-82(123)100-62(29-21-33-95-89(92)93)79(120)106-69(78(119)97-45-74(91)115)48-131-49-75(116)99-65(38-53-23-16-15-17-24-53)85(126)108(7)52(5)76(117)102-67(42-73(90)114)87(128)111-34-22-32-71(111)83(124)101-63(41-57-44-94-50-98-57)80(121)103-64(35-51(3)4)84(125)107(6)46-58(113)39-55(36-54-25-20-26-59(37-54)130-10)77(118)105-68(47-112)81(122)104-66(40-56-43-96-61-28-19-18-27-60(56)61)86(127)110(9)72(31-14-12-2)88(129)109(70)8;/h15-20,23-28,37,43-44,50-52,55,62-72,96,112H,11-14,21-22,29-36,38-42,45-49H2,1-10H3,(H2,90,114)(H2,91,115)(H,94,98)(H,97,119)(H,99,116)(H,100,123)(H,101,124)(H,102,117)(H,103,121)(H,104,122)(H,105,118)(H,106,120)(H4,92,93,95);1H4/t52-,55+,62-,63-,64-,65-,66-,67-,68-,69-,70-,71-,72-;/m0./s1. The quantitative estimate of drug-likeness (QED) is 0.0172. The van der Waals surface area contributed by atoms with Crippen molar-refractivity contribution in [3.63, 3.8) is 0 Å². The Bertz CT molecular complexity index is 4810. The summed E-state index contributed by atoms with van der Waals surface area (Å²) >= 11 is 0.795. The normalized spacial score (nSPS) is 23.4. The lowest BCUT2D eigenvalue weighted by Crippen LogP contribution is -2.61. The number of aliphatic hydroxyl groups is 1. The molecule has 5 aromatic rings. The van der Waals surface area contributed by atoms with Crippen molar-refractivity contribution < 1.29 is 91.4 Å². The van der Waals surface area contributed by atoms with Crippen molar-refractivity contribution in [1.29, 1.82) is 5.41 Å². The molecule has 2 aromatic heterocycles. The van der Waals surface area contributed by atoms with Crippen LogP contribution >= 0.6 is 11.8 Å². The fraction of sp³-hybridized carbons (Fsp3) is 0.544. The summed E-state index contributed by atoms with van der Waals surface area (Å²) in [6.45, 7) is 6.07. The van der Waals surface area contributed by atoms with E-state index in [1.807, 2.05) is 13.8 Å². The van der Waals surface area contributed by atoms with E-state index in [4.69, 9.17) is 27.3 Å². The van der Waals surface area contributed by atoms with Crippen molar-refractivity contribution in [1.82, 2.24) is 92.6 Å². The minimum atomic E-state index is -1.82. The van der Waals surface area contributed by atoms with Crippen molar-refractivity contribution in [2.45, 2.75) is 224 Å². The fourth-order valence-electron chi connectivity index (χ4n) is 15.6. The monoisotopic (exact) mass is 1860 g/mol. The maximum Gasteiger partial charge on any atom is 0.246 e. The first-order chi connectivity index (χ1) is 62.4. The van der Waals surface area contributed by atoms with Crippen LogP contribution in [0.15, 0.2) is 97.6 Å². The predicted octanol–water partition coefficient (Wildman–Crippen LogP) is -0.884. The van der Waals surface area contributed by atoms with Gasteiger partial charge in [-0.15, -0.1) is 11.8 Å². The molecule has 0 bridgehead atoms. The molecule has 2 aliphatic rings. The Kier molecular flexibility index (Phi) is 43.5. The summed E-state index contributed by atoms with van der Waals surface area (Å²) in [4.78, 5) is 264. The van der Waals surface area contributed by atoms with Gasteiger partial charge in [-0.05, 0) is 99.1 Å². The second-order valence-electron chi connectivity index (χ2n) is 33.5. The van der Waals surface area contributed by atoms with Crippen molar-refractivity contribution in [3.8, 4) is 5.75 Å². The van der Waals surface area contributed by atoms with E-state index in [-0.39, 0.29) is 97.1 Å². The molecule has 2 fully saturated rings. The summed E-state index contributed by atoms with van der Waals surface area (Å²) < 4.78 is 5.49. The average Bonchev–Trinajstić information content (AvgIpc) is 1.78. The highest BCUT2D eigenvalue weighted by molar-refractivity contribution is 8.00. The molecule has 3 aromatic carbocycles. The van der Waals surface area contributed by atoms with Crippen LogP contribution in [-0.4, -0.2) is 303 Å². The van der Waals surface area contributed by atoms with Crippen LogP contribution in [0.5, 0.6) is 5.75 Å². The Morgan fingerprint density at radius 1 is 0.606 bits per heavy atom. The van der Waals surface area contributed by atoms with E-state index in [0.717, 1.165) is 36.3 Å². The summed E-state index contributed by atoms with van der Waals surface area (Å²) in [5.74, 6) is -17.6. The molecule has 4 heterocycles. The number of benzene rings is 3. The number of unbranched alkanes of at least 4 members (excludes halogenated alkanes) is 2. The number of primary amides is 2. The van der Waals surface area contributed by atoms with Gasteiger partial charge >= 0.3 is 0 Å². The third-order valence-electron chi connectivity index (χ3n) is 22.9. The van der Waals surface area contributed by atoms with Gasteiger partial charge in [0.1, 0.15) is 78.3 Å². The van der Waals surface area contributed by atoms with E-state index in [1.54, 1.807) is 98.9 Å². The number of ether oxygens (including phenoxy) is 1.